The highest BCUT2D eigenvalue weighted by Gasteiger charge is 2.50. The molecule has 4 nitrogen and oxygen atoms in total. The highest BCUT2D eigenvalue weighted by atomic mass is 16.3. The number of fused-ring (bicyclic) bond motifs is 1. The Balaban J connectivity index is 1.69. The van der Waals surface area contributed by atoms with Gasteiger partial charge in [0.15, 0.2) is 0 Å². The molecular weight excluding hydrogens is 424 g/mol. The van der Waals surface area contributed by atoms with Gasteiger partial charge < -0.3 is 20.4 Å². The lowest BCUT2D eigenvalue weighted by Crippen LogP contribution is -2.38. The molecule has 0 aromatic rings. The molecule has 0 spiro atoms. The molecule has 0 aliphatic heterocycles. The normalized spacial score (nSPS) is 37.9. The van der Waals surface area contributed by atoms with Gasteiger partial charge in [0.1, 0.15) is 0 Å². The second-order valence-corrected chi connectivity index (χ2v) is 12.5. The minimum absolute atomic E-state index is 0.0798. The van der Waals surface area contributed by atoms with Crippen LogP contribution in [-0.2, 0) is 0 Å². The fraction of sp³-hybridized carbons (Fsp3) is 0.800. The molecule has 0 amide bonds. The van der Waals surface area contributed by atoms with Gasteiger partial charge in [-0.3, -0.25) is 0 Å². The van der Waals surface area contributed by atoms with E-state index in [1.165, 1.54) is 37.7 Å². The van der Waals surface area contributed by atoms with Crippen LogP contribution in [0, 0.1) is 29.1 Å². The van der Waals surface area contributed by atoms with Crippen molar-refractivity contribution < 1.29 is 20.4 Å². The number of hydrogen-bond donors (Lipinski definition) is 4. The zero-order valence-electron chi connectivity index (χ0n) is 22.1. The van der Waals surface area contributed by atoms with Gasteiger partial charge in [-0.05, 0) is 106 Å². The van der Waals surface area contributed by atoms with Crippen molar-refractivity contribution in [3.63, 3.8) is 0 Å². The Hall–Kier alpha value is -0.940. The topological polar surface area (TPSA) is 80.9 Å². The van der Waals surface area contributed by atoms with Gasteiger partial charge in [0.05, 0.1) is 17.8 Å². The molecule has 3 saturated carbocycles. The molecule has 4 N–H and O–H groups in total. The molecule has 3 fully saturated rings. The predicted molar refractivity (Wildman–Crippen MR) is 139 cm³/mol. The molecule has 0 heterocycles. The van der Waals surface area contributed by atoms with E-state index in [-0.39, 0.29) is 12.5 Å². The Morgan fingerprint density at radius 3 is 2.59 bits per heavy atom. The number of aliphatic hydroxyl groups excluding tert-OH is 3. The number of allylic oxidation sites excluding steroid dienone is 3. The summed E-state index contributed by atoms with van der Waals surface area (Å²) >= 11 is 0. The van der Waals surface area contributed by atoms with E-state index in [2.05, 4.69) is 32.6 Å². The molecule has 3 aliphatic rings. The first-order valence-corrected chi connectivity index (χ1v) is 13.8. The molecule has 0 saturated heterocycles. The van der Waals surface area contributed by atoms with Crippen molar-refractivity contribution >= 4 is 0 Å². The second-order valence-electron chi connectivity index (χ2n) is 12.5. The molecule has 7 atom stereocenters. The van der Waals surface area contributed by atoms with E-state index < -0.39 is 17.8 Å². The second kappa shape index (κ2) is 11.4. The van der Waals surface area contributed by atoms with Crippen molar-refractivity contribution in [1.82, 2.24) is 0 Å². The van der Waals surface area contributed by atoms with Crippen LogP contribution in [0.3, 0.4) is 0 Å². The highest BCUT2D eigenvalue weighted by molar-refractivity contribution is 5.39. The first kappa shape index (κ1) is 27.6. The van der Waals surface area contributed by atoms with E-state index in [9.17, 15) is 15.3 Å². The lowest BCUT2D eigenvalue weighted by molar-refractivity contribution is 0.0112. The summed E-state index contributed by atoms with van der Waals surface area (Å²) in [5.74, 6) is 1.78. The van der Waals surface area contributed by atoms with E-state index in [0.717, 1.165) is 36.3 Å². The average Bonchev–Trinajstić information content (AvgIpc) is 3.12. The number of rotatable bonds is 9. The highest BCUT2D eigenvalue weighted by Crippen LogP contribution is 2.60. The summed E-state index contributed by atoms with van der Waals surface area (Å²) in [4.78, 5) is 0. The molecule has 0 aromatic heterocycles. The largest absolute Gasteiger partial charge is 0.396 e. The zero-order chi connectivity index (χ0) is 25.1. The van der Waals surface area contributed by atoms with Crippen LogP contribution in [0.25, 0.3) is 0 Å². The van der Waals surface area contributed by atoms with Crippen molar-refractivity contribution in [3.05, 3.63) is 35.5 Å². The Morgan fingerprint density at radius 2 is 1.91 bits per heavy atom. The van der Waals surface area contributed by atoms with E-state index in [4.69, 9.17) is 5.11 Å². The third kappa shape index (κ3) is 6.24. The summed E-state index contributed by atoms with van der Waals surface area (Å²) in [5, 5.41) is 40.6. The smallest absolute Gasteiger partial charge is 0.0839 e. The molecular formula is C30H50O4. The molecule has 4 heteroatoms. The molecule has 3 rings (SSSR count). The van der Waals surface area contributed by atoms with Crippen LogP contribution in [0.15, 0.2) is 35.5 Å². The van der Waals surface area contributed by atoms with Crippen LogP contribution in [0.1, 0.15) is 98.3 Å². The van der Waals surface area contributed by atoms with Gasteiger partial charge in [-0.2, -0.15) is 0 Å². The predicted octanol–water partition coefficient (Wildman–Crippen LogP) is 5.70. The van der Waals surface area contributed by atoms with Crippen LogP contribution < -0.4 is 0 Å². The summed E-state index contributed by atoms with van der Waals surface area (Å²) in [6, 6.07) is 0. The van der Waals surface area contributed by atoms with Crippen molar-refractivity contribution in [3.8, 4) is 0 Å². The first-order valence-electron chi connectivity index (χ1n) is 13.8. The molecule has 34 heavy (non-hydrogen) atoms. The minimum Gasteiger partial charge on any atom is -0.396 e. The summed E-state index contributed by atoms with van der Waals surface area (Å²) in [6.07, 6.45) is 14.2. The number of aliphatic hydroxyl groups is 4. The van der Waals surface area contributed by atoms with Crippen molar-refractivity contribution in [2.24, 2.45) is 29.1 Å². The molecule has 0 bridgehead atoms. The van der Waals surface area contributed by atoms with Gasteiger partial charge in [-0.15, -0.1) is 0 Å². The quantitative estimate of drug-likeness (QED) is 0.345. The first-order chi connectivity index (χ1) is 16.0. The minimum atomic E-state index is -0.739. The lowest BCUT2D eigenvalue weighted by atomic mass is 9.60. The summed E-state index contributed by atoms with van der Waals surface area (Å²) in [7, 11) is 0. The monoisotopic (exact) mass is 474 g/mol. The maximum absolute atomic E-state index is 10.7. The fourth-order valence-corrected chi connectivity index (χ4v) is 7.50. The Morgan fingerprint density at radius 1 is 1.18 bits per heavy atom. The summed E-state index contributed by atoms with van der Waals surface area (Å²) < 4.78 is 0. The molecule has 0 unspecified atom stereocenters. The summed E-state index contributed by atoms with van der Waals surface area (Å²) in [5.41, 5.74) is 3.00. The van der Waals surface area contributed by atoms with Crippen LogP contribution in [-0.4, -0.2) is 44.8 Å². The van der Waals surface area contributed by atoms with E-state index in [0.29, 0.717) is 36.5 Å². The Kier molecular flexibility index (Phi) is 9.28. The van der Waals surface area contributed by atoms with E-state index in [1.807, 2.05) is 13.8 Å². The fourth-order valence-electron chi connectivity index (χ4n) is 7.50. The molecule has 0 aromatic carbocycles. The van der Waals surface area contributed by atoms with Gasteiger partial charge in [-0.1, -0.05) is 51.0 Å². The van der Waals surface area contributed by atoms with Crippen molar-refractivity contribution in [2.75, 3.05) is 6.61 Å². The van der Waals surface area contributed by atoms with E-state index >= 15 is 0 Å². The zero-order valence-corrected chi connectivity index (χ0v) is 22.1. The SMILES string of the molecule is C=C1/C(=C\C=C2\CCC[C@]3(C)[C@@H]([C@@H](C)CCCC(C)(C)O)CC[C@@H]23)C[C@@H](O)[C@@H](CCCO)[C@@H]1O. The lowest BCUT2D eigenvalue weighted by Gasteiger charge is -2.44. The third-order valence-corrected chi connectivity index (χ3v) is 9.47. The average molecular weight is 475 g/mol. The van der Waals surface area contributed by atoms with Gasteiger partial charge in [-0.25, -0.2) is 0 Å². The van der Waals surface area contributed by atoms with E-state index in [1.54, 1.807) is 0 Å². The standard InChI is InChI=1S/C30H50O4/c1-20(9-6-16-29(3,4)34)25-14-15-26-22(10-7-17-30(25,26)5)12-13-23-19-27(32)24(11-8-18-31)28(33)21(23)2/h12-13,20,24-28,31-34H,2,6-11,14-19H2,1,3-5H3/b22-12-,23-13-/t20-,24+,25+,26-,27+,28+,30+/m0/s1. The van der Waals surface area contributed by atoms with Crippen LogP contribution in [0.2, 0.25) is 0 Å². The van der Waals surface area contributed by atoms with Gasteiger partial charge >= 0.3 is 0 Å². The Labute approximate surface area is 207 Å². The van der Waals surface area contributed by atoms with Gasteiger partial charge in [0.2, 0.25) is 0 Å². The third-order valence-electron chi connectivity index (χ3n) is 9.47. The summed E-state index contributed by atoms with van der Waals surface area (Å²) in [6.45, 7) is 13.0. The Bertz CT molecular complexity index is 760. The van der Waals surface area contributed by atoms with Crippen LogP contribution in [0.4, 0.5) is 0 Å². The molecule has 0 radical (unpaired) electrons. The van der Waals surface area contributed by atoms with Crippen molar-refractivity contribution in [2.45, 2.75) is 116 Å². The van der Waals surface area contributed by atoms with Gasteiger partial charge in [0, 0.05) is 12.5 Å². The molecule has 194 valence electrons. The van der Waals surface area contributed by atoms with Crippen LogP contribution in [0.5, 0.6) is 0 Å². The molecule has 3 aliphatic carbocycles. The van der Waals surface area contributed by atoms with Gasteiger partial charge in [0.25, 0.3) is 0 Å². The number of hydrogen-bond acceptors (Lipinski definition) is 4. The maximum Gasteiger partial charge on any atom is 0.0839 e. The van der Waals surface area contributed by atoms with Crippen molar-refractivity contribution in [1.29, 1.82) is 0 Å². The van der Waals surface area contributed by atoms with Crippen LogP contribution >= 0.6 is 0 Å². The maximum atomic E-state index is 10.7.